The van der Waals surface area contributed by atoms with Crippen LogP contribution in [0.1, 0.15) is 43.4 Å². The Bertz CT molecular complexity index is 388. The maximum atomic E-state index is 13.3. The zero-order chi connectivity index (χ0) is 13.0. The van der Waals surface area contributed by atoms with Gasteiger partial charge in [0.25, 0.3) is 0 Å². The fourth-order valence-electron chi connectivity index (χ4n) is 2.57. The van der Waals surface area contributed by atoms with Crippen molar-refractivity contribution in [1.82, 2.24) is 5.32 Å². The van der Waals surface area contributed by atoms with Crippen molar-refractivity contribution in [1.29, 1.82) is 0 Å². The maximum Gasteiger partial charge on any atom is 0.126 e. The number of aryl methyl sites for hydroxylation is 1. The molecular formula is C15H22FNO. The Hall–Kier alpha value is -0.930. The lowest BCUT2D eigenvalue weighted by molar-refractivity contribution is -0.00788. The van der Waals surface area contributed by atoms with Gasteiger partial charge in [-0.15, -0.1) is 0 Å². The summed E-state index contributed by atoms with van der Waals surface area (Å²) in [5.41, 5.74) is 1.83. The molecule has 2 atom stereocenters. The van der Waals surface area contributed by atoms with Gasteiger partial charge in [-0.25, -0.2) is 4.39 Å². The van der Waals surface area contributed by atoms with E-state index in [1.165, 1.54) is 6.42 Å². The van der Waals surface area contributed by atoms with Crippen LogP contribution in [0, 0.1) is 12.7 Å². The third kappa shape index (κ3) is 3.09. The number of hydrogen-bond acceptors (Lipinski definition) is 2. The molecule has 1 aromatic rings. The van der Waals surface area contributed by atoms with Crippen molar-refractivity contribution in [2.75, 3.05) is 13.2 Å². The Morgan fingerprint density at radius 2 is 2.28 bits per heavy atom. The van der Waals surface area contributed by atoms with Gasteiger partial charge >= 0.3 is 0 Å². The molecule has 0 aliphatic carbocycles. The largest absolute Gasteiger partial charge is 0.376 e. The summed E-state index contributed by atoms with van der Waals surface area (Å²) in [5.74, 6) is -0.140. The average Bonchev–Trinajstić information content (AvgIpc) is 2.40. The van der Waals surface area contributed by atoms with Crippen molar-refractivity contribution >= 4 is 0 Å². The van der Waals surface area contributed by atoms with Crippen molar-refractivity contribution < 1.29 is 9.13 Å². The van der Waals surface area contributed by atoms with Crippen LogP contribution in [-0.4, -0.2) is 19.3 Å². The van der Waals surface area contributed by atoms with Gasteiger partial charge < -0.3 is 10.1 Å². The van der Waals surface area contributed by atoms with E-state index in [4.69, 9.17) is 4.74 Å². The van der Waals surface area contributed by atoms with Crippen molar-refractivity contribution in [2.24, 2.45) is 0 Å². The second kappa shape index (κ2) is 6.30. The highest BCUT2D eigenvalue weighted by atomic mass is 19.1. The second-order valence-corrected chi connectivity index (χ2v) is 4.95. The van der Waals surface area contributed by atoms with Crippen LogP contribution in [-0.2, 0) is 4.74 Å². The van der Waals surface area contributed by atoms with E-state index in [0.29, 0.717) is 5.56 Å². The number of nitrogens with one attached hydrogen (secondary N) is 1. The molecule has 1 saturated heterocycles. The normalized spacial score (nSPS) is 21.8. The summed E-state index contributed by atoms with van der Waals surface area (Å²) in [5, 5.41) is 3.47. The molecule has 1 N–H and O–H groups in total. The van der Waals surface area contributed by atoms with E-state index >= 15 is 0 Å². The number of rotatable bonds is 4. The van der Waals surface area contributed by atoms with Crippen LogP contribution in [0.3, 0.4) is 0 Å². The molecule has 1 fully saturated rings. The van der Waals surface area contributed by atoms with Gasteiger partial charge in [0.2, 0.25) is 0 Å². The Balaban J connectivity index is 2.19. The molecule has 1 aromatic carbocycles. The zero-order valence-corrected chi connectivity index (χ0v) is 11.2. The first-order valence-corrected chi connectivity index (χ1v) is 6.83. The summed E-state index contributed by atoms with van der Waals surface area (Å²) < 4.78 is 19.2. The first-order valence-electron chi connectivity index (χ1n) is 6.83. The summed E-state index contributed by atoms with van der Waals surface area (Å²) in [7, 11) is 0. The van der Waals surface area contributed by atoms with E-state index in [1.807, 2.05) is 19.1 Å². The fourth-order valence-corrected chi connectivity index (χ4v) is 2.57. The molecule has 1 aliphatic heterocycles. The van der Waals surface area contributed by atoms with E-state index in [1.54, 1.807) is 6.07 Å². The summed E-state index contributed by atoms with van der Waals surface area (Å²) in [4.78, 5) is 0. The SMILES string of the molecule is CCNC(c1ccc(F)c(C)c1)C1CCCCO1. The Kier molecular flexibility index (Phi) is 4.72. The first kappa shape index (κ1) is 13.5. The number of ether oxygens (including phenoxy) is 1. The predicted molar refractivity (Wildman–Crippen MR) is 71.1 cm³/mol. The fraction of sp³-hybridized carbons (Fsp3) is 0.600. The van der Waals surface area contributed by atoms with Gasteiger partial charge in [-0.3, -0.25) is 0 Å². The highest BCUT2D eigenvalue weighted by molar-refractivity contribution is 5.27. The van der Waals surface area contributed by atoms with Gasteiger partial charge in [0, 0.05) is 6.61 Å². The monoisotopic (exact) mass is 251 g/mol. The van der Waals surface area contributed by atoms with E-state index in [-0.39, 0.29) is 18.0 Å². The first-order chi connectivity index (χ1) is 8.72. The van der Waals surface area contributed by atoms with Crippen LogP contribution in [0.5, 0.6) is 0 Å². The molecular weight excluding hydrogens is 229 g/mol. The van der Waals surface area contributed by atoms with Crippen LogP contribution in [0.2, 0.25) is 0 Å². The number of benzene rings is 1. The van der Waals surface area contributed by atoms with Gasteiger partial charge in [0.1, 0.15) is 5.82 Å². The molecule has 1 heterocycles. The summed E-state index contributed by atoms with van der Waals surface area (Å²) in [6.45, 7) is 5.63. The Morgan fingerprint density at radius 1 is 1.44 bits per heavy atom. The van der Waals surface area contributed by atoms with E-state index in [0.717, 1.165) is 31.6 Å². The third-order valence-corrected chi connectivity index (χ3v) is 3.55. The van der Waals surface area contributed by atoms with Crippen LogP contribution in [0.15, 0.2) is 18.2 Å². The van der Waals surface area contributed by atoms with Gasteiger partial charge in [-0.1, -0.05) is 19.1 Å². The molecule has 0 aromatic heterocycles. The average molecular weight is 251 g/mol. The quantitative estimate of drug-likeness (QED) is 0.886. The minimum Gasteiger partial charge on any atom is -0.376 e. The minimum absolute atomic E-state index is 0.140. The molecule has 0 spiro atoms. The molecule has 2 rings (SSSR count). The highest BCUT2D eigenvalue weighted by Crippen LogP contribution is 2.27. The van der Waals surface area contributed by atoms with Gasteiger partial charge in [-0.05, 0) is 49.9 Å². The van der Waals surface area contributed by atoms with Gasteiger partial charge in [0.15, 0.2) is 0 Å². The second-order valence-electron chi connectivity index (χ2n) is 4.95. The van der Waals surface area contributed by atoms with E-state index < -0.39 is 0 Å². The molecule has 0 bridgehead atoms. The summed E-state index contributed by atoms with van der Waals surface area (Å²) >= 11 is 0. The highest BCUT2D eigenvalue weighted by Gasteiger charge is 2.25. The number of likely N-dealkylation sites (N-methyl/N-ethyl adjacent to an activating group) is 1. The Morgan fingerprint density at radius 3 is 2.89 bits per heavy atom. The van der Waals surface area contributed by atoms with Crippen LogP contribution in [0.25, 0.3) is 0 Å². The number of halogens is 1. The molecule has 0 radical (unpaired) electrons. The molecule has 0 amide bonds. The third-order valence-electron chi connectivity index (χ3n) is 3.55. The topological polar surface area (TPSA) is 21.3 Å². The molecule has 2 unspecified atom stereocenters. The van der Waals surface area contributed by atoms with E-state index in [2.05, 4.69) is 12.2 Å². The lowest BCUT2D eigenvalue weighted by atomic mass is 9.94. The summed E-state index contributed by atoms with van der Waals surface area (Å²) in [6, 6.07) is 5.53. The standard InChI is InChI=1S/C15H22FNO/c1-3-17-15(14-6-4-5-9-18-14)12-7-8-13(16)11(2)10-12/h7-8,10,14-15,17H,3-6,9H2,1-2H3. The maximum absolute atomic E-state index is 13.3. The van der Waals surface area contributed by atoms with Gasteiger partial charge in [0.05, 0.1) is 12.1 Å². The molecule has 0 saturated carbocycles. The smallest absolute Gasteiger partial charge is 0.126 e. The van der Waals surface area contributed by atoms with Crippen LogP contribution in [0.4, 0.5) is 4.39 Å². The van der Waals surface area contributed by atoms with Crippen molar-refractivity contribution in [3.63, 3.8) is 0 Å². The predicted octanol–water partition coefficient (Wildman–Crippen LogP) is 3.35. The van der Waals surface area contributed by atoms with E-state index in [9.17, 15) is 4.39 Å². The van der Waals surface area contributed by atoms with Crippen LogP contribution >= 0.6 is 0 Å². The number of hydrogen-bond donors (Lipinski definition) is 1. The molecule has 100 valence electrons. The molecule has 1 aliphatic rings. The van der Waals surface area contributed by atoms with Crippen LogP contribution < -0.4 is 5.32 Å². The molecule has 2 nitrogen and oxygen atoms in total. The molecule has 3 heteroatoms. The lowest BCUT2D eigenvalue weighted by Gasteiger charge is -2.31. The Labute approximate surface area is 109 Å². The zero-order valence-electron chi connectivity index (χ0n) is 11.2. The van der Waals surface area contributed by atoms with Crippen molar-refractivity contribution in [3.8, 4) is 0 Å². The van der Waals surface area contributed by atoms with Crippen molar-refractivity contribution in [3.05, 3.63) is 35.1 Å². The lowest BCUT2D eigenvalue weighted by Crippen LogP contribution is -2.36. The molecule has 18 heavy (non-hydrogen) atoms. The summed E-state index contributed by atoms with van der Waals surface area (Å²) in [6.07, 6.45) is 3.65. The minimum atomic E-state index is -0.140. The van der Waals surface area contributed by atoms with Crippen molar-refractivity contribution in [2.45, 2.75) is 45.3 Å². The van der Waals surface area contributed by atoms with Gasteiger partial charge in [-0.2, -0.15) is 0 Å².